The predicted molar refractivity (Wildman–Crippen MR) is 49.3 cm³/mol. The van der Waals surface area contributed by atoms with E-state index in [1.54, 1.807) is 0 Å². The second-order valence-electron chi connectivity index (χ2n) is 2.70. The van der Waals surface area contributed by atoms with Gasteiger partial charge in [0, 0.05) is 0 Å². The van der Waals surface area contributed by atoms with E-state index in [4.69, 9.17) is 0 Å². The van der Waals surface area contributed by atoms with E-state index in [1.807, 2.05) is 26.0 Å². The van der Waals surface area contributed by atoms with Crippen molar-refractivity contribution in [3.63, 3.8) is 0 Å². The first kappa shape index (κ1) is 12.4. The fourth-order valence-electron chi connectivity index (χ4n) is 0.333. The summed E-state index contributed by atoms with van der Waals surface area (Å²) in [4.78, 5) is 2.00. The molecule has 0 aromatic carbocycles. The Morgan fingerprint density at radius 2 is 1.60 bits per heavy atom. The van der Waals surface area contributed by atoms with Gasteiger partial charge in [-0.3, -0.25) is 0 Å². The Labute approximate surface area is 65.7 Å². The summed E-state index contributed by atoms with van der Waals surface area (Å²) in [6.45, 7) is 4.23. The van der Waals surface area contributed by atoms with E-state index in [0.29, 0.717) is 0 Å². The van der Waals surface area contributed by atoms with Gasteiger partial charge >= 0.3 is 0 Å². The van der Waals surface area contributed by atoms with Gasteiger partial charge in [-0.2, -0.15) is 0 Å². The van der Waals surface area contributed by atoms with Crippen LogP contribution >= 0.6 is 0 Å². The number of hydrogen-bond donors (Lipinski definition) is 0. The van der Waals surface area contributed by atoms with E-state index >= 15 is 0 Å². The molecule has 0 radical (unpaired) electrons. The molecule has 62 valence electrons. The maximum Gasteiger partial charge on any atom is -0.0140 e. The summed E-state index contributed by atoms with van der Waals surface area (Å²) in [7, 11) is 6.00. The molecule has 0 atom stereocenters. The number of nitrogens with zero attached hydrogens (tertiary/aromatic N) is 1. The van der Waals surface area contributed by atoms with Crippen LogP contribution in [0.15, 0.2) is 12.2 Å². The first-order chi connectivity index (χ1) is 4.65. The topological polar surface area (TPSA) is 3.24 Å². The molecule has 0 saturated carbocycles. The highest BCUT2D eigenvalue weighted by Crippen LogP contribution is 1.85. The molecule has 0 aromatic heterocycles. The van der Waals surface area contributed by atoms with Gasteiger partial charge in [0.25, 0.3) is 0 Å². The zero-order chi connectivity index (χ0) is 8.41. The predicted octanol–water partition coefficient (Wildman–Crippen LogP) is 2.54. The highest BCUT2D eigenvalue weighted by Gasteiger charge is 1.64. The van der Waals surface area contributed by atoms with Gasteiger partial charge in [-0.1, -0.05) is 25.5 Å². The van der Waals surface area contributed by atoms with Gasteiger partial charge in [0.1, 0.15) is 0 Å². The molecule has 0 bridgehead atoms. The Bertz CT molecular complexity index is 62.4. The van der Waals surface area contributed by atoms with Gasteiger partial charge in [-0.05, 0) is 34.5 Å². The Balaban J connectivity index is 0. The van der Waals surface area contributed by atoms with E-state index in [-0.39, 0.29) is 0 Å². The van der Waals surface area contributed by atoms with Crippen molar-refractivity contribution < 1.29 is 0 Å². The van der Waals surface area contributed by atoms with Crippen molar-refractivity contribution in [3.8, 4) is 0 Å². The molecule has 0 heterocycles. The fourth-order valence-corrected chi connectivity index (χ4v) is 0.333. The fraction of sp³-hybridized carbons (Fsp3) is 0.778. The number of allylic oxidation sites excluding steroid dienone is 2. The van der Waals surface area contributed by atoms with Gasteiger partial charge in [0.2, 0.25) is 0 Å². The second-order valence-corrected chi connectivity index (χ2v) is 2.70. The average molecular weight is 143 g/mol. The molecule has 0 spiro atoms. The van der Waals surface area contributed by atoms with Crippen molar-refractivity contribution in [1.82, 2.24) is 4.90 Å². The minimum absolute atomic E-state index is 1.23. The van der Waals surface area contributed by atoms with Crippen LogP contribution in [-0.4, -0.2) is 26.0 Å². The molecular weight excluding hydrogens is 122 g/mol. The number of rotatable bonds is 2. The van der Waals surface area contributed by atoms with Crippen molar-refractivity contribution in [1.29, 1.82) is 0 Å². The van der Waals surface area contributed by atoms with Crippen LogP contribution in [-0.2, 0) is 0 Å². The molecule has 0 N–H and O–H groups in total. The maximum absolute atomic E-state index is 2.18. The van der Waals surface area contributed by atoms with Crippen LogP contribution in [0.3, 0.4) is 0 Å². The Kier molecular flexibility index (Phi) is 14.2. The quantitative estimate of drug-likeness (QED) is 0.537. The minimum atomic E-state index is 1.23. The third kappa shape index (κ3) is 47.4. The van der Waals surface area contributed by atoms with Crippen molar-refractivity contribution in [2.75, 3.05) is 21.1 Å². The zero-order valence-electron chi connectivity index (χ0n) is 8.02. The van der Waals surface area contributed by atoms with Gasteiger partial charge in [0.15, 0.2) is 0 Å². The molecule has 0 amide bonds. The van der Waals surface area contributed by atoms with E-state index in [1.165, 1.54) is 12.8 Å². The summed E-state index contributed by atoms with van der Waals surface area (Å²) < 4.78 is 0. The SMILES string of the molecule is CC=CCCC.CN(C)C. The molecule has 0 unspecified atom stereocenters. The smallest absolute Gasteiger partial charge is 0.0140 e. The molecule has 0 aromatic rings. The largest absolute Gasteiger partial charge is 0.312 e. The summed E-state index contributed by atoms with van der Waals surface area (Å²) in [5, 5.41) is 0. The lowest BCUT2D eigenvalue weighted by Crippen LogP contribution is -1.99. The van der Waals surface area contributed by atoms with Crippen LogP contribution in [0.1, 0.15) is 26.7 Å². The molecule has 10 heavy (non-hydrogen) atoms. The second kappa shape index (κ2) is 11.5. The molecule has 1 nitrogen and oxygen atoms in total. The molecule has 0 aliphatic carbocycles. The lowest BCUT2D eigenvalue weighted by Gasteiger charge is -1.90. The Morgan fingerprint density at radius 1 is 1.20 bits per heavy atom. The maximum atomic E-state index is 2.18. The van der Waals surface area contributed by atoms with Crippen molar-refractivity contribution in [2.24, 2.45) is 0 Å². The first-order valence-corrected chi connectivity index (χ1v) is 3.87. The van der Waals surface area contributed by atoms with Crippen molar-refractivity contribution in [2.45, 2.75) is 26.7 Å². The minimum Gasteiger partial charge on any atom is -0.312 e. The van der Waals surface area contributed by atoms with Crippen LogP contribution in [0.4, 0.5) is 0 Å². The summed E-state index contributed by atoms with van der Waals surface area (Å²) in [5.41, 5.74) is 0. The summed E-state index contributed by atoms with van der Waals surface area (Å²) in [6.07, 6.45) is 6.77. The molecular formula is C9H21N. The monoisotopic (exact) mass is 143 g/mol. The summed E-state index contributed by atoms with van der Waals surface area (Å²) in [6, 6.07) is 0. The van der Waals surface area contributed by atoms with Crippen LogP contribution < -0.4 is 0 Å². The van der Waals surface area contributed by atoms with Gasteiger partial charge < -0.3 is 4.90 Å². The van der Waals surface area contributed by atoms with Crippen molar-refractivity contribution >= 4 is 0 Å². The third-order valence-electron chi connectivity index (χ3n) is 0.691. The molecule has 0 fully saturated rings. The van der Waals surface area contributed by atoms with E-state index in [2.05, 4.69) is 26.0 Å². The lowest BCUT2D eigenvalue weighted by atomic mass is 10.3. The van der Waals surface area contributed by atoms with Crippen LogP contribution in [0, 0.1) is 0 Å². The molecule has 0 aliphatic heterocycles. The highest BCUT2D eigenvalue weighted by atomic mass is 15.0. The van der Waals surface area contributed by atoms with Crippen LogP contribution in [0.25, 0.3) is 0 Å². The third-order valence-corrected chi connectivity index (χ3v) is 0.691. The molecule has 1 heteroatoms. The first-order valence-electron chi connectivity index (χ1n) is 3.87. The number of hydrogen-bond acceptors (Lipinski definition) is 1. The Morgan fingerprint density at radius 3 is 1.70 bits per heavy atom. The van der Waals surface area contributed by atoms with Crippen LogP contribution in [0.5, 0.6) is 0 Å². The zero-order valence-corrected chi connectivity index (χ0v) is 8.02. The van der Waals surface area contributed by atoms with Gasteiger partial charge in [0.05, 0.1) is 0 Å². The van der Waals surface area contributed by atoms with E-state index in [0.717, 1.165) is 0 Å². The van der Waals surface area contributed by atoms with Crippen molar-refractivity contribution in [3.05, 3.63) is 12.2 Å². The summed E-state index contributed by atoms with van der Waals surface area (Å²) in [5.74, 6) is 0. The van der Waals surface area contributed by atoms with Gasteiger partial charge in [-0.15, -0.1) is 0 Å². The van der Waals surface area contributed by atoms with Gasteiger partial charge in [-0.25, -0.2) is 0 Å². The van der Waals surface area contributed by atoms with E-state index in [9.17, 15) is 0 Å². The summed E-state index contributed by atoms with van der Waals surface area (Å²) >= 11 is 0. The Hall–Kier alpha value is -0.300. The molecule has 0 saturated heterocycles. The lowest BCUT2D eigenvalue weighted by molar-refractivity contribution is 0.505. The highest BCUT2D eigenvalue weighted by molar-refractivity contribution is 4.75. The average Bonchev–Trinajstić information content (AvgIpc) is 1.82. The standard InChI is InChI=1S/C6H12.C3H9N/c1-3-5-6-4-2;1-4(2)3/h3,5H,4,6H2,1-2H3;1-3H3. The van der Waals surface area contributed by atoms with E-state index < -0.39 is 0 Å². The number of unbranched alkanes of at least 4 members (excludes halogenated alkanes) is 1. The molecule has 0 rings (SSSR count). The normalized spacial score (nSPS) is 9.80. The molecule has 0 aliphatic rings. The van der Waals surface area contributed by atoms with Crippen LogP contribution in [0.2, 0.25) is 0 Å².